The van der Waals surface area contributed by atoms with Gasteiger partial charge >= 0.3 is 6.18 Å². The largest absolute Gasteiger partial charge is 0.416 e. The number of alkyl halides is 3. The van der Waals surface area contributed by atoms with Crippen molar-refractivity contribution in [2.45, 2.75) is 58.8 Å². The van der Waals surface area contributed by atoms with E-state index in [9.17, 15) is 18.0 Å². The van der Waals surface area contributed by atoms with E-state index in [4.69, 9.17) is 5.73 Å². The number of nitrogens with two attached hydrogens (primary N) is 1. The molecule has 36 heavy (non-hydrogen) atoms. The van der Waals surface area contributed by atoms with Crippen LogP contribution in [0.5, 0.6) is 0 Å². The Labute approximate surface area is 210 Å². The second-order valence-electron chi connectivity index (χ2n) is 9.75. The minimum atomic E-state index is -4.39. The van der Waals surface area contributed by atoms with Gasteiger partial charge in [-0.2, -0.15) is 13.2 Å². The first-order chi connectivity index (χ1) is 17.0. The van der Waals surface area contributed by atoms with Gasteiger partial charge in [0.2, 0.25) is 5.91 Å². The van der Waals surface area contributed by atoms with E-state index in [0.717, 1.165) is 52.3 Å². The monoisotopic (exact) mass is 495 g/mol. The molecule has 0 radical (unpaired) electrons. The van der Waals surface area contributed by atoms with Gasteiger partial charge < -0.3 is 10.6 Å². The third-order valence-electron chi connectivity index (χ3n) is 7.13. The Bertz CT molecular complexity index is 1240. The van der Waals surface area contributed by atoms with Crippen molar-refractivity contribution in [2.75, 3.05) is 4.90 Å². The molecule has 1 amide bonds. The summed E-state index contributed by atoms with van der Waals surface area (Å²) in [4.78, 5) is 20.3. The number of carbonyl (C=O) groups is 1. The Hall–Kier alpha value is -3.19. The second-order valence-corrected chi connectivity index (χ2v) is 9.75. The summed E-state index contributed by atoms with van der Waals surface area (Å²) < 4.78 is 39.0. The summed E-state index contributed by atoms with van der Waals surface area (Å²) in [6.07, 6.45) is -3.55. The highest BCUT2D eigenvalue weighted by molar-refractivity contribution is 5.98. The minimum Gasteiger partial charge on any atom is -0.324 e. The van der Waals surface area contributed by atoms with Gasteiger partial charge in [-0.25, -0.2) is 0 Å². The molecule has 4 atom stereocenters. The summed E-state index contributed by atoms with van der Waals surface area (Å²) in [5.74, 6) is -0.493. The van der Waals surface area contributed by atoms with E-state index < -0.39 is 11.7 Å². The maximum Gasteiger partial charge on any atom is 0.416 e. The van der Waals surface area contributed by atoms with Gasteiger partial charge in [-0.1, -0.05) is 38.1 Å². The Balaban J connectivity index is 1.67. The molecular formula is C29H32F3N3O. The van der Waals surface area contributed by atoms with Gasteiger partial charge in [0, 0.05) is 23.3 Å². The summed E-state index contributed by atoms with van der Waals surface area (Å²) in [5, 5.41) is 0. The lowest BCUT2D eigenvalue weighted by Gasteiger charge is -2.25. The summed E-state index contributed by atoms with van der Waals surface area (Å²) in [6, 6.07) is 16.6. The number of aromatic nitrogens is 1. The van der Waals surface area contributed by atoms with Crippen molar-refractivity contribution >= 4 is 11.6 Å². The standard InChI is InChI=1S/C29H32F3N3O/c1-5-20-11-14-24(15-25(20)19(4)33)35(16-23-8-6-7-17(2)34-23)28(36)27-18(3)26(27)21-9-12-22(13-10-21)29(30,31)32/h6-15,18-19,26-27H,5,16,33H2,1-4H3. The lowest BCUT2D eigenvalue weighted by molar-refractivity contribution is -0.137. The van der Waals surface area contributed by atoms with Crippen molar-refractivity contribution < 1.29 is 18.0 Å². The maximum atomic E-state index is 13.9. The van der Waals surface area contributed by atoms with Crippen molar-refractivity contribution in [1.82, 2.24) is 4.98 Å². The van der Waals surface area contributed by atoms with Crippen molar-refractivity contribution in [1.29, 1.82) is 0 Å². The lowest BCUT2D eigenvalue weighted by atomic mass is 9.98. The first-order valence-corrected chi connectivity index (χ1v) is 12.3. The van der Waals surface area contributed by atoms with Gasteiger partial charge in [-0.05, 0) is 85.2 Å². The predicted molar refractivity (Wildman–Crippen MR) is 135 cm³/mol. The average molecular weight is 496 g/mol. The average Bonchev–Trinajstić information content (AvgIpc) is 3.51. The number of pyridine rings is 1. The first-order valence-electron chi connectivity index (χ1n) is 12.3. The fraction of sp³-hybridized carbons (Fsp3) is 0.379. The molecule has 4 rings (SSSR count). The zero-order valence-corrected chi connectivity index (χ0v) is 21.0. The number of rotatable bonds is 7. The number of carbonyl (C=O) groups excluding carboxylic acids is 1. The normalized spacial score (nSPS) is 20.2. The molecule has 0 aliphatic heterocycles. The van der Waals surface area contributed by atoms with Gasteiger partial charge in [0.25, 0.3) is 0 Å². The number of benzene rings is 2. The van der Waals surface area contributed by atoms with Crippen molar-refractivity contribution in [3.8, 4) is 0 Å². The van der Waals surface area contributed by atoms with E-state index in [2.05, 4.69) is 11.9 Å². The summed E-state index contributed by atoms with van der Waals surface area (Å²) in [5.41, 5.74) is 10.8. The van der Waals surface area contributed by atoms with E-state index >= 15 is 0 Å². The Morgan fingerprint density at radius 1 is 1.11 bits per heavy atom. The Kier molecular flexibility index (Phi) is 7.23. The molecule has 4 nitrogen and oxygen atoms in total. The van der Waals surface area contributed by atoms with Crippen LogP contribution < -0.4 is 10.6 Å². The molecule has 1 aromatic heterocycles. The molecule has 0 bridgehead atoms. The van der Waals surface area contributed by atoms with Crippen molar-refractivity contribution in [3.63, 3.8) is 0 Å². The number of amides is 1. The summed E-state index contributed by atoms with van der Waals surface area (Å²) in [6.45, 7) is 8.18. The zero-order valence-electron chi connectivity index (χ0n) is 21.0. The van der Waals surface area contributed by atoms with Crippen LogP contribution in [0.3, 0.4) is 0 Å². The molecule has 190 valence electrons. The minimum absolute atomic E-state index is 0.0185. The van der Waals surface area contributed by atoms with Gasteiger partial charge in [-0.15, -0.1) is 0 Å². The molecule has 4 unspecified atom stereocenters. The van der Waals surface area contributed by atoms with E-state index in [-0.39, 0.29) is 29.7 Å². The van der Waals surface area contributed by atoms with Gasteiger partial charge in [-0.3, -0.25) is 9.78 Å². The molecule has 1 aliphatic carbocycles. The van der Waals surface area contributed by atoms with Crippen LogP contribution in [-0.2, 0) is 23.9 Å². The number of nitrogens with zero attached hydrogens (tertiary/aromatic N) is 2. The highest BCUT2D eigenvalue weighted by atomic mass is 19.4. The molecule has 3 aromatic rings. The van der Waals surface area contributed by atoms with Crippen LogP contribution in [-0.4, -0.2) is 10.9 Å². The number of hydrogen-bond donors (Lipinski definition) is 1. The molecule has 1 fully saturated rings. The van der Waals surface area contributed by atoms with E-state index in [1.165, 1.54) is 12.1 Å². The zero-order chi connectivity index (χ0) is 26.2. The second kappa shape index (κ2) is 10.1. The summed E-state index contributed by atoms with van der Waals surface area (Å²) in [7, 11) is 0. The lowest BCUT2D eigenvalue weighted by Crippen LogP contribution is -2.33. The number of halogens is 3. The highest BCUT2D eigenvalue weighted by Gasteiger charge is 2.54. The molecule has 2 N–H and O–H groups in total. The van der Waals surface area contributed by atoms with E-state index in [1.807, 2.05) is 57.2 Å². The number of hydrogen-bond acceptors (Lipinski definition) is 3. The number of anilines is 1. The van der Waals surface area contributed by atoms with Gasteiger partial charge in [0.05, 0.1) is 17.8 Å². The van der Waals surface area contributed by atoms with Crippen LogP contribution in [0.4, 0.5) is 18.9 Å². The topological polar surface area (TPSA) is 59.2 Å². The third-order valence-corrected chi connectivity index (χ3v) is 7.13. The van der Waals surface area contributed by atoms with Crippen LogP contribution in [0.1, 0.15) is 66.4 Å². The maximum absolute atomic E-state index is 13.9. The summed E-state index contributed by atoms with van der Waals surface area (Å²) >= 11 is 0. The number of aryl methyl sites for hydroxylation is 2. The fourth-order valence-corrected chi connectivity index (χ4v) is 5.07. The SMILES string of the molecule is CCc1ccc(N(Cc2cccc(C)n2)C(=O)C2C(C)C2c2ccc(C(F)(F)F)cc2)cc1C(C)N. The van der Waals surface area contributed by atoms with Crippen LogP contribution in [0.2, 0.25) is 0 Å². The van der Waals surface area contributed by atoms with Crippen molar-refractivity contribution in [3.05, 3.63) is 94.3 Å². The smallest absolute Gasteiger partial charge is 0.324 e. The van der Waals surface area contributed by atoms with Crippen molar-refractivity contribution in [2.24, 2.45) is 17.6 Å². The molecule has 1 saturated carbocycles. The Morgan fingerprint density at radius 3 is 2.39 bits per heavy atom. The molecular weight excluding hydrogens is 463 g/mol. The van der Waals surface area contributed by atoms with E-state index in [0.29, 0.717) is 6.54 Å². The van der Waals surface area contributed by atoms with Gasteiger partial charge in [0.15, 0.2) is 0 Å². The molecule has 0 saturated heterocycles. The van der Waals surface area contributed by atoms with Crippen LogP contribution in [0, 0.1) is 18.8 Å². The highest BCUT2D eigenvalue weighted by Crippen LogP contribution is 2.55. The van der Waals surface area contributed by atoms with E-state index in [1.54, 1.807) is 4.90 Å². The van der Waals surface area contributed by atoms with Crippen LogP contribution in [0.25, 0.3) is 0 Å². The molecule has 1 heterocycles. The fourth-order valence-electron chi connectivity index (χ4n) is 5.07. The van der Waals surface area contributed by atoms with Gasteiger partial charge in [0.1, 0.15) is 0 Å². The molecule has 1 aliphatic rings. The molecule has 0 spiro atoms. The third kappa shape index (κ3) is 5.31. The quantitative estimate of drug-likeness (QED) is 0.403. The van der Waals surface area contributed by atoms with Crippen LogP contribution in [0.15, 0.2) is 60.7 Å². The predicted octanol–water partition coefficient (Wildman–Crippen LogP) is 6.57. The molecule has 2 aromatic carbocycles. The first kappa shape index (κ1) is 25.9. The Morgan fingerprint density at radius 2 is 1.81 bits per heavy atom. The van der Waals surface area contributed by atoms with Crippen LogP contribution >= 0.6 is 0 Å². The molecule has 7 heteroatoms.